The lowest BCUT2D eigenvalue weighted by atomic mass is 10.0. The van der Waals surface area contributed by atoms with Crippen molar-refractivity contribution in [3.8, 4) is 5.75 Å². The molecule has 4 heteroatoms. The first-order chi connectivity index (χ1) is 10.9. The fraction of sp³-hybridized carbons (Fsp3) is 0.316. The molecular weight excluding hydrogens is 354 g/mol. The number of carbonyl (C=O) groups is 1. The Balaban J connectivity index is 2.13. The molecule has 0 heterocycles. The first kappa shape index (κ1) is 17.5. The van der Waals surface area contributed by atoms with Gasteiger partial charge in [0.15, 0.2) is 6.10 Å². The highest BCUT2D eigenvalue weighted by molar-refractivity contribution is 9.10. The van der Waals surface area contributed by atoms with Crippen molar-refractivity contribution in [3.05, 3.63) is 58.1 Å². The predicted octanol–water partition coefficient (Wildman–Crippen LogP) is 5.29. The number of para-hydroxylation sites is 1. The zero-order valence-electron chi connectivity index (χ0n) is 13.9. The van der Waals surface area contributed by atoms with Crippen LogP contribution in [0.3, 0.4) is 0 Å². The molecule has 0 aromatic heterocycles. The van der Waals surface area contributed by atoms with Gasteiger partial charge in [0.25, 0.3) is 5.91 Å². The quantitative estimate of drug-likeness (QED) is 0.770. The van der Waals surface area contributed by atoms with Crippen molar-refractivity contribution < 1.29 is 9.53 Å². The van der Waals surface area contributed by atoms with Gasteiger partial charge in [-0.05, 0) is 65.0 Å². The van der Waals surface area contributed by atoms with E-state index in [1.807, 2.05) is 37.3 Å². The summed E-state index contributed by atoms with van der Waals surface area (Å²) in [6.07, 6.45) is -0.582. The maximum Gasteiger partial charge on any atom is 0.265 e. The predicted molar refractivity (Wildman–Crippen MR) is 98.1 cm³/mol. The van der Waals surface area contributed by atoms with Crippen LogP contribution in [0, 0.1) is 6.92 Å². The van der Waals surface area contributed by atoms with Crippen LogP contribution in [0.1, 0.15) is 37.8 Å². The van der Waals surface area contributed by atoms with Crippen LogP contribution in [-0.4, -0.2) is 12.0 Å². The van der Waals surface area contributed by atoms with Crippen molar-refractivity contribution in [2.45, 2.75) is 39.7 Å². The van der Waals surface area contributed by atoms with Crippen LogP contribution in [0.4, 0.5) is 5.69 Å². The average molecular weight is 376 g/mol. The van der Waals surface area contributed by atoms with E-state index >= 15 is 0 Å². The monoisotopic (exact) mass is 375 g/mol. The molecule has 0 radical (unpaired) electrons. The molecule has 0 aliphatic carbocycles. The first-order valence-corrected chi connectivity index (χ1v) is 8.50. The van der Waals surface area contributed by atoms with E-state index in [0.29, 0.717) is 5.92 Å². The van der Waals surface area contributed by atoms with Gasteiger partial charge in [0.05, 0.1) is 5.69 Å². The molecule has 0 aliphatic rings. The molecule has 0 spiro atoms. The van der Waals surface area contributed by atoms with Crippen molar-refractivity contribution in [1.29, 1.82) is 0 Å². The number of hydrogen-bond acceptors (Lipinski definition) is 2. The van der Waals surface area contributed by atoms with Gasteiger partial charge in [-0.15, -0.1) is 0 Å². The second kappa shape index (κ2) is 7.64. The van der Waals surface area contributed by atoms with Gasteiger partial charge < -0.3 is 10.1 Å². The van der Waals surface area contributed by atoms with E-state index in [9.17, 15) is 4.79 Å². The van der Waals surface area contributed by atoms with E-state index in [0.717, 1.165) is 27.0 Å². The van der Waals surface area contributed by atoms with Crippen molar-refractivity contribution in [2.75, 3.05) is 5.32 Å². The molecule has 1 amide bonds. The van der Waals surface area contributed by atoms with Crippen molar-refractivity contribution in [3.63, 3.8) is 0 Å². The summed E-state index contributed by atoms with van der Waals surface area (Å²) in [5, 5.41) is 2.88. The van der Waals surface area contributed by atoms with E-state index in [4.69, 9.17) is 4.74 Å². The SMILES string of the molecule is Cc1ccc(C(C)C)c(OC(C)C(=O)Nc2ccccc2Br)c1. The minimum absolute atomic E-state index is 0.173. The second-order valence-corrected chi connectivity index (χ2v) is 6.78. The number of hydrogen-bond donors (Lipinski definition) is 1. The first-order valence-electron chi connectivity index (χ1n) is 7.71. The molecule has 0 bridgehead atoms. The van der Waals surface area contributed by atoms with Gasteiger partial charge in [0.1, 0.15) is 5.75 Å². The van der Waals surface area contributed by atoms with E-state index in [1.54, 1.807) is 6.92 Å². The van der Waals surface area contributed by atoms with Crippen molar-refractivity contribution in [2.24, 2.45) is 0 Å². The van der Waals surface area contributed by atoms with Crippen LogP contribution < -0.4 is 10.1 Å². The zero-order valence-corrected chi connectivity index (χ0v) is 15.5. The second-order valence-electron chi connectivity index (χ2n) is 5.93. The van der Waals surface area contributed by atoms with Crippen LogP contribution in [-0.2, 0) is 4.79 Å². The lowest BCUT2D eigenvalue weighted by Crippen LogP contribution is -2.30. The molecule has 2 aromatic rings. The molecule has 3 nitrogen and oxygen atoms in total. The van der Waals surface area contributed by atoms with Gasteiger partial charge in [-0.25, -0.2) is 0 Å². The normalized spacial score (nSPS) is 12.1. The van der Waals surface area contributed by atoms with Gasteiger partial charge >= 0.3 is 0 Å². The average Bonchev–Trinajstić information content (AvgIpc) is 2.49. The Morgan fingerprint density at radius 3 is 2.48 bits per heavy atom. The number of ether oxygens (including phenoxy) is 1. The van der Waals surface area contributed by atoms with Crippen LogP contribution in [0.5, 0.6) is 5.75 Å². The number of nitrogens with one attached hydrogen (secondary N) is 1. The van der Waals surface area contributed by atoms with Gasteiger partial charge in [-0.2, -0.15) is 0 Å². The van der Waals surface area contributed by atoms with E-state index < -0.39 is 6.10 Å². The number of halogens is 1. The smallest absolute Gasteiger partial charge is 0.265 e. The fourth-order valence-electron chi connectivity index (χ4n) is 2.26. The Kier molecular flexibility index (Phi) is 5.83. The molecule has 1 N–H and O–H groups in total. The molecule has 1 unspecified atom stereocenters. The third kappa shape index (κ3) is 4.58. The van der Waals surface area contributed by atoms with Crippen molar-refractivity contribution >= 4 is 27.5 Å². The Hall–Kier alpha value is -1.81. The third-order valence-electron chi connectivity index (χ3n) is 3.60. The molecule has 0 fully saturated rings. The van der Waals surface area contributed by atoms with E-state index in [2.05, 4.69) is 47.2 Å². The number of amides is 1. The van der Waals surface area contributed by atoms with Gasteiger partial charge in [-0.1, -0.05) is 38.1 Å². The molecule has 0 aliphatic heterocycles. The van der Waals surface area contributed by atoms with E-state index in [-0.39, 0.29) is 5.91 Å². The van der Waals surface area contributed by atoms with E-state index in [1.165, 1.54) is 0 Å². The molecule has 2 rings (SSSR count). The highest BCUT2D eigenvalue weighted by Crippen LogP contribution is 2.28. The molecule has 122 valence electrons. The fourth-order valence-corrected chi connectivity index (χ4v) is 2.65. The summed E-state index contributed by atoms with van der Waals surface area (Å²) in [5.74, 6) is 0.937. The zero-order chi connectivity index (χ0) is 17.0. The van der Waals surface area contributed by atoms with Gasteiger partial charge in [0.2, 0.25) is 0 Å². The molecular formula is C19H22BrNO2. The van der Waals surface area contributed by atoms with Gasteiger partial charge in [0, 0.05) is 4.47 Å². The molecule has 0 saturated carbocycles. The van der Waals surface area contributed by atoms with Crippen LogP contribution in [0.2, 0.25) is 0 Å². The number of benzene rings is 2. The summed E-state index contributed by atoms with van der Waals surface area (Å²) in [6, 6.07) is 13.6. The molecule has 2 aromatic carbocycles. The van der Waals surface area contributed by atoms with Crippen molar-refractivity contribution in [1.82, 2.24) is 0 Å². The number of anilines is 1. The summed E-state index contributed by atoms with van der Waals surface area (Å²) in [5.41, 5.74) is 2.96. The minimum Gasteiger partial charge on any atom is -0.481 e. The summed E-state index contributed by atoms with van der Waals surface area (Å²) in [7, 11) is 0. The topological polar surface area (TPSA) is 38.3 Å². The highest BCUT2D eigenvalue weighted by Gasteiger charge is 2.18. The lowest BCUT2D eigenvalue weighted by molar-refractivity contribution is -0.122. The Bertz CT molecular complexity index is 698. The standard InChI is InChI=1S/C19H22BrNO2/c1-12(2)15-10-9-13(3)11-18(15)23-14(4)19(22)21-17-8-6-5-7-16(17)20/h5-12,14H,1-4H3,(H,21,22). The molecule has 1 atom stereocenters. The van der Waals surface area contributed by atoms with Crippen LogP contribution >= 0.6 is 15.9 Å². The maximum atomic E-state index is 12.4. The summed E-state index contributed by atoms with van der Waals surface area (Å²) in [4.78, 5) is 12.4. The Morgan fingerprint density at radius 1 is 1.13 bits per heavy atom. The Labute approximate surface area is 146 Å². The summed E-state index contributed by atoms with van der Waals surface area (Å²) >= 11 is 3.43. The molecule has 0 saturated heterocycles. The molecule has 23 heavy (non-hydrogen) atoms. The summed E-state index contributed by atoms with van der Waals surface area (Å²) < 4.78 is 6.78. The number of rotatable bonds is 5. The minimum atomic E-state index is -0.582. The number of carbonyl (C=O) groups excluding carboxylic acids is 1. The summed E-state index contributed by atoms with van der Waals surface area (Å²) in [6.45, 7) is 8.01. The van der Waals surface area contributed by atoms with Crippen LogP contribution in [0.15, 0.2) is 46.9 Å². The van der Waals surface area contributed by atoms with Crippen LogP contribution in [0.25, 0.3) is 0 Å². The lowest BCUT2D eigenvalue weighted by Gasteiger charge is -2.19. The highest BCUT2D eigenvalue weighted by atomic mass is 79.9. The maximum absolute atomic E-state index is 12.4. The van der Waals surface area contributed by atoms with Gasteiger partial charge in [-0.3, -0.25) is 4.79 Å². The Morgan fingerprint density at radius 2 is 1.83 bits per heavy atom. The third-order valence-corrected chi connectivity index (χ3v) is 4.29. The number of aryl methyl sites for hydroxylation is 1. The largest absolute Gasteiger partial charge is 0.481 e.